The Hall–Kier alpha value is -2.47. The van der Waals surface area contributed by atoms with Gasteiger partial charge < -0.3 is 0 Å². The van der Waals surface area contributed by atoms with E-state index in [1.807, 2.05) is 68.4 Å². The fourth-order valence-electron chi connectivity index (χ4n) is 2.15. The number of tetrazole rings is 1. The number of aryl methyl sites for hydroxylation is 1. The van der Waals surface area contributed by atoms with Crippen molar-refractivity contribution < 1.29 is 4.79 Å². The number of hydrogen-bond acceptors (Lipinski definition) is 5. The van der Waals surface area contributed by atoms with Crippen molar-refractivity contribution in [3.8, 4) is 5.69 Å². The summed E-state index contributed by atoms with van der Waals surface area (Å²) < 4.78 is 1.64. The zero-order chi connectivity index (χ0) is 16.2. The van der Waals surface area contributed by atoms with Crippen LogP contribution in [0.2, 0.25) is 0 Å². The lowest BCUT2D eigenvalue weighted by atomic mass is 10.1. The van der Waals surface area contributed by atoms with Crippen LogP contribution in [-0.4, -0.2) is 31.2 Å². The second kappa shape index (κ2) is 6.75. The minimum atomic E-state index is -0.272. The molecular weight excluding hydrogens is 308 g/mol. The van der Waals surface area contributed by atoms with Crippen LogP contribution in [0.25, 0.3) is 5.69 Å². The van der Waals surface area contributed by atoms with Gasteiger partial charge >= 0.3 is 0 Å². The lowest BCUT2D eigenvalue weighted by molar-refractivity contribution is 0.0994. The van der Waals surface area contributed by atoms with E-state index < -0.39 is 0 Å². The first-order valence-electron chi connectivity index (χ1n) is 7.26. The van der Waals surface area contributed by atoms with E-state index in [4.69, 9.17) is 0 Å². The Balaban J connectivity index is 1.79. The molecule has 0 bridgehead atoms. The van der Waals surface area contributed by atoms with Crippen LogP contribution >= 0.6 is 11.8 Å². The molecule has 0 amide bonds. The average molecular weight is 324 g/mol. The van der Waals surface area contributed by atoms with Gasteiger partial charge in [-0.1, -0.05) is 59.8 Å². The molecule has 0 aliphatic rings. The van der Waals surface area contributed by atoms with Crippen LogP contribution in [0.5, 0.6) is 0 Å². The highest BCUT2D eigenvalue weighted by Crippen LogP contribution is 2.25. The molecule has 0 fully saturated rings. The molecule has 1 heterocycles. The molecule has 0 aliphatic heterocycles. The zero-order valence-electron chi connectivity index (χ0n) is 12.9. The monoisotopic (exact) mass is 324 g/mol. The number of ketones is 1. The van der Waals surface area contributed by atoms with Gasteiger partial charge in [-0.2, -0.15) is 4.68 Å². The second-order valence-electron chi connectivity index (χ2n) is 5.20. The molecule has 0 saturated carbocycles. The average Bonchev–Trinajstić information content (AvgIpc) is 3.04. The molecule has 0 spiro atoms. The molecule has 0 N–H and O–H groups in total. The predicted octanol–water partition coefficient (Wildman–Crippen LogP) is 3.33. The summed E-state index contributed by atoms with van der Waals surface area (Å²) in [5.74, 6) is 0.0672. The first kappa shape index (κ1) is 15.4. The molecule has 3 aromatic rings. The van der Waals surface area contributed by atoms with Crippen molar-refractivity contribution in [2.24, 2.45) is 0 Å². The van der Waals surface area contributed by atoms with Crippen LogP contribution in [0.3, 0.4) is 0 Å². The van der Waals surface area contributed by atoms with Crippen molar-refractivity contribution in [1.82, 2.24) is 20.2 Å². The number of Topliss-reactive ketones (excluding diaryl/α,β-unsaturated/α-hetero) is 1. The number of thioether (sulfide) groups is 1. The van der Waals surface area contributed by atoms with Crippen molar-refractivity contribution >= 4 is 17.5 Å². The van der Waals surface area contributed by atoms with E-state index >= 15 is 0 Å². The molecule has 0 saturated heterocycles. The summed E-state index contributed by atoms with van der Waals surface area (Å²) >= 11 is 1.36. The fraction of sp³-hybridized carbons (Fsp3) is 0.176. The maximum absolute atomic E-state index is 12.5. The van der Waals surface area contributed by atoms with Crippen molar-refractivity contribution in [1.29, 1.82) is 0 Å². The van der Waals surface area contributed by atoms with Gasteiger partial charge in [0, 0.05) is 5.56 Å². The molecule has 0 unspecified atom stereocenters. The van der Waals surface area contributed by atoms with E-state index in [0.717, 1.165) is 11.3 Å². The van der Waals surface area contributed by atoms with E-state index in [2.05, 4.69) is 15.5 Å². The third-order valence-corrected chi connectivity index (χ3v) is 4.46. The zero-order valence-corrected chi connectivity index (χ0v) is 13.7. The number of carbonyl (C=O) groups excluding carboxylic acids is 1. The third-order valence-electron chi connectivity index (χ3n) is 3.43. The molecule has 6 heteroatoms. The second-order valence-corrected chi connectivity index (χ2v) is 6.51. The lowest BCUT2D eigenvalue weighted by Gasteiger charge is -2.10. The van der Waals surface area contributed by atoms with Gasteiger partial charge in [0.2, 0.25) is 5.16 Å². The Morgan fingerprint density at radius 1 is 1.09 bits per heavy atom. The standard InChI is InChI=1S/C17H16N4OS/c1-12-8-10-14(11-9-12)16(22)13(2)23-17-18-19-20-21(17)15-6-4-3-5-7-15/h3-11,13H,1-2H3/t13-/m1/s1. The number of benzene rings is 2. The molecule has 116 valence electrons. The molecule has 5 nitrogen and oxygen atoms in total. The summed E-state index contributed by atoms with van der Waals surface area (Å²) in [6, 6.07) is 17.2. The number of carbonyl (C=O) groups is 1. The fourth-order valence-corrected chi connectivity index (χ4v) is 3.03. The van der Waals surface area contributed by atoms with Crippen molar-refractivity contribution in [2.75, 3.05) is 0 Å². The first-order valence-corrected chi connectivity index (χ1v) is 8.14. The summed E-state index contributed by atoms with van der Waals surface area (Å²) in [5, 5.41) is 12.1. The highest BCUT2D eigenvalue weighted by molar-refractivity contribution is 8.00. The van der Waals surface area contributed by atoms with Gasteiger partial charge in [-0.3, -0.25) is 4.79 Å². The molecule has 3 rings (SSSR count). The SMILES string of the molecule is Cc1ccc(C(=O)[C@@H](C)Sc2nnnn2-c2ccccc2)cc1. The van der Waals surface area contributed by atoms with Crippen molar-refractivity contribution in [3.63, 3.8) is 0 Å². The Kier molecular flexibility index (Phi) is 4.52. The number of aromatic nitrogens is 4. The van der Waals surface area contributed by atoms with E-state index in [0.29, 0.717) is 10.7 Å². The van der Waals surface area contributed by atoms with Crippen molar-refractivity contribution in [3.05, 3.63) is 65.7 Å². The Labute approximate surface area is 138 Å². The molecule has 1 aromatic heterocycles. The minimum Gasteiger partial charge on any atom is -0.293 e. The van der Waals surface area contributed by atoms with Gasteiger partial charge in [0.15, 0.2) is 5.78 Å². The Morgan fingerprint density at radius 3 is 2.48 bits per heavy atom. The van der Waals surface area contributed by atoms with Crippen LogP contribution in [0, 0.1) is 6.92 Å². The number of para-hydroxylation sites is 1. The molecule has 0 aliphatic carbocycles. The number of nitrogens with zero attached hydrogens (tertiary/aromatic N) is 4. The van der Waals surface area contributed by atoms with E-state index in [9.17, 15) is 4.79 Å². The van der Waals surface area contributed by atoms with Crippen LogP contribution in [0.1, 0.15) is 22.8 Å². The summed E-state index contributed by atoms with van der Waals surface area (Å²) in [4.78, 5) is 12.5. The van der Waals surface area contributed by atoms with Gasteiger partial charge in [-0.25, -0.2) is 0 Å². The van der Waals surface area contributed by atoms with Gasteiger partial charge in [0.05, 0.1) is 10.9 Å². The highest BCUT2D eigenvalue weighted by Gasteiger charge is 2.20. The Bertz CT molecular complexity index is 799. The third kappa shape index (κ3) is 3.48. The summed E-state index contributed by atoms with van der Waals surface area (Å²) in [7, 11) is 0. The number of rotatable bonds is 5. The highest BCUT2D eigenvalue weighted by atomic mass is 32.2. The maximum atomic E-state index is 12.5. The van der Waals surface area contributed by atoms with Crippen LogP contribution in [-0.2, 0) is 0 Å². The van der Waals surface area contributed by atoms with E-state index in [1.165, 1.54) is 11.8 Å². The first-order chi connectivity index (χ1) is 11.1. The molecule has 2 aromatic carbocycles. The summed E-state index contributed by atoms with van der Waals surface area (Å²) in [5.41, 5.74) is 2.71. The predicted molar refractivity (Wildman–Crippen MR) is 90.0 cm³/mol. The van der Waals surface area contributed by atoms with E-state index in [-0.39, 0.29) is 11.0 Å². The van der Waals surface area contributed by atoms with E-state index in [1.54, 1.807) is 4.68 Å². The molecule has 1 atom stereocenters. The smallest absolute Gasteiger partial charge is 0.214 e. The normalized spacial score (nSPS) is 12.1. The lowest BCUT2D eigenvalue weighted by Crippen LogP contribution is -2.14. The molecule has 23 heavy (non-hydrogen) atoms. The number of hydrogen-bond donors (Lipinski definition) is 0. The summed E-state index contributed by atoms with van der Waals surface area (Å²) in [6.07, 6.45) is 0. The van der Waals surface area contributed by atoms with Gasteiger partial charge in [0.25, 0.3) is 0 Å². The van der Waals surface area contributed by atoms with Crippen LogP contribution in [0.15, 0.2) is 59.8 Å². The quantitative estimate of drug-likeness (QED) is 0.532. The maximum Gasteiger partial charge on any atom is 0.214 e. The van der Waals surface area contributed by atoms with Crippen LogP contribution in [0.4, 0.5) is 0 Å². The largest absolute Gasteiger partial charge is 0.293 e. The minimum absolute atomic E-state index is 0.0672. The summed E-state index contributed by atoms with van der Waals surface area (Å²) in [6.45, 7) is 3.87. The topological polar surface area (TPSA) is 60.7 Å². The molecule has 0 radical (unpaired) electrons. The van der Waals surface area contributed by atoms with Gasteiger partial charge in [-0.15, -0.1) is 5.10 Å². The molecular formula is C17H16N4OS. The van der Waals surface area contributed by atoms with Gasteiger partial charge in [0.1, 0.15) is 0 Å². The van der Waals surface area contributed by atoms with Crippen molar-refractivity contribution in [2.45, 2.75) is 24.3 Å². The van der Waals surface area contributed by atoms with Gasteiger partial charge in [-0.05, 0) is 36.4 Å². The Morgan fingerprint density at radius 2 is 1.78 bits per heavy atom. The van der Waals surface area contributed by atoms with Crippen LogP contribution < -0.4 is 0 Å².